The third-order valence-electron chi connectivity index (χ3n) is 2.05. The Morgan fingerprint density at radius 1 is 1.58 bits per heavy atom. The summed E-state index contributed by atoms with van der Waals surface area (Å²) in [7, 11) is -3.97. The zero-order valence-corrected chi connectivity index (χ0v) is 8.61. The molecule has 0 amide bonds. The van der Waals surface area contributed by atoms with Crippen LogP contribution in [0.25, 0.3) is 0 Å². The number of hydrogen-bond donors (Lipinski definition) is 1. The van der Waals surface area contributed by atoms with E-state index in [1.54, 1.807) is 13.8 Å². The van der Waals surface area contributed by atoms with Crippen LogP contribution in [-0.4, -0.2) is 17.7 Å². The maximum Gasteiger partial charge on any atom is 0.270 e. The van der Waals surface area contributed by atoms with Gasteiger partial charge in [-0.25, -0.2) is 0 Å². The van der Waals surface area contributed by atoms with E-state index in [1.165, 1.54) is 6.92 Å². The first-order valence-electron chi connectivity index (χ1n) is 3.84. The molecule has 72 valence electrons. The molecular weight excluding hydrogens is 176 g/mol. The van der Waals surface area contributed by atoms with Crippen molar-refractivity contribution in [1.29, 1.82) is 0 Å². The zero-order valence-electron chi connectivity index (χ0n) is 7.79. The monoisotopic (exact) mass is 192 g/mol. The SMILES string of the molecule is C=C(C)CC(C)(CC)S(=O)(=O)O. The normalized spacial score (nSPS) is 17.0. The summed E-state index contributed by atoms with van der Waals surface area (Å²) in [6.45, 7) is 8.63. The Morgan fingerprint density at radius 3 is 2.08 bits per heavy atom. The summed E-state index contributed by atoms with van der Waals surface area (Å²) in [5.74, 6) is 0. The molecule has 4 heteroatoms. The van der Waals surface area contributed by atoms with Crippen LogP contribution >= 0.6 is 0 Å². The Bertz CT molecular complexity index is 266. The molecule has 0 aliphatic rings. The second-order valence-corrected chi connectivity index (χ2v) is 5.35. The molecule has 0 aliphatic carbocycles. The molecule has 12 heavy (non-hydrogen) atoms. The van der Waals surface area contributed by atoms with Crippen LogP contribution in [0.2, 0.25) is 0 Å². The van der Waals surface area contributed by atoms with E-state index < -0.39 is 14.9 Å². The number of allylic oxidation sites excluding steroid dienone is 1. The molecule has 0 heterocycles. The molecule has 1 N–H and O–H groups in total. The van der Waals surface area contributed by atoms with E-state index in [-0.39, 0.29) is 0 Å². The van der Waals surface area contributed by atoms with Crippen molar-refractivity contribution in [3.05, 3.63) is 12.2 Å². The largest absolute Gasteiger partial charge is 0.285 e. The number of hydrogen-bond acceptors (Lipinski definition) is 2. The van der Waals surface area contributed by atoms with Crippen molar-refractivity contribution < 1.29 is 13.0 Å². The molecule has 0 saturated heterocycles. The van der Waals surface area contributed by atoms with Gasteiger partial charge in [-0.1, -0.05) is 12.5 Å². The van der Waals surface area contributed by atoms with Crippen LogP contribution in [0.3, 0.4) is 0 Å². The Hall–Kier alpha value is -0.350. The lowest BCUT2D eigenvalue weighted by Crippen LogP contribution is -2.34. The minimum atomic E-state index is -3.97. The van der Waals surface area contributed by atoms with Crippen molar-refractivity contribution in [3.63, 3.8) is 0 Å². The van der Waals surface area contributed by atoms with Gasteiger partial charge in [-0.15, -0.1) is 6.58 Å². The molecule has 0 aromatic heterocycles. The second-order valence-electron chi connectivity index (χ2n) is 3.41. The molecule has 0 radical (unpaired) electrons. The van der Waals surface area contributed by atoms with Gasteiger partial charge < -0.3 is 0 Å². The Balaban J connectivity index is 4.82. The predicted molar refractivity (Wildman–Crippen MR) is 49.7 cm³/mol. The van der Waals surface area contributed by atoms with Gasteiger partial charge in [0.25, 0.3) is 10.1 Å². The predicted octanol–water partition coefficient (Wildman–Crippen LogP) is 2.01. The Morgan fingerprint density at radius 2 is 2.00 bits per heavy atom. The first-order chi connectivity index (χ1) is 5.23. The van der Waals surface area contributed by atoms with Crippen LogP contribution in [0, 0.1) is 0 Å². The summed E-state index contributed by atoms with van der Waals surface area (Å²) in [6.07, 6.45) is 0.695. The second kappa shape index (κ2) is 3.58. The Kier molecular flexibility index (Phi) is 3.47. The van der Waals surface area contributed by atoms with E-state index in [1.807, 2.05) is 0 Å². The first-order valence-corrected chi connectivity index (χ1v) is 5.28. The van der Waals surface area contributed by atoms with Gasteiger partial charge in [0.1, 0.15) is 0 Å². The zero-order chi connectivity index (χ0) is 9.99. The molecule has 0 spiro atoms. The van der Waals surface area contributed by atoms with Gasteiger partial charge in [-0.2, -0.15) is 8.42 Å². The fourth-order valence-corrected chi connectivity index (χ4v) is 1.83. The van der Waals surface area contributed by atoms with Crippen molar-refractivity contribution >= 4 is 10.1 Å². The standard InChI is InChI=1S/C8H16O3S/c1-5-8(4,6-7(2)3)12(9,10)11/h2,5-6H2,1,3-4H3,(H,9,10,11). The molecule has 0 fully saturated rings. The van der Waals surface area contributed by atoms with E-state index >= 15 is 0 Å². The van der Waals surface area contributed by atoms with Crippen LogP contribution in [0.1, 0.15) is 33.6 Å². The highest BCUT2D eigenvalue weighted by Gasteiger charge is 2.35. The number of rotatable bonds is 4. The van der Waals surface area contributed by atoms with Gasteiger partial charge in [-0.3, -0.25) is 4.55 Å². The molecule has 0 aromatic rings. The van der Waals surface area contributed by atoms with Crippen molar-refractivity contribution in [2.45, 2.75) is 38.4 Å². The minimum absolute atomic E-state index is 0.308. The smallest absolute Gasteiger partial charge is 0.270 e. The highest BCUT2D eigenvalue weighted by atomic mass is 32.2. The Labute approximate surface area is 74.2 Å². The maximum atomic E-state index is 10.9. The van der Waals surface area contributed by atoms with Gasteiger partial charge >= 0.3 is 0 Å². The van der Waals surface area contributed by atoms with Crippen LogP contribution < -0.4 is 0 Å². The van der Waals surface area contributed by atoms with E-state index in [0.717, 1.165) is 5.57 Å². The van der Waals surface area contributed by atoms with Crippen LogP contribution in [0.15, 0.2) is 12.2 Å². The van der Waals surface area contributed by atoms with E-state index in [9.17, 15) is 8.42 Å². The van der Waals surface area contributed by atoms with Gasteiger partial charge in [0.15, 0.2) is 0 Å². The first kappa shape index (κ1) is 11.6. The van der Waals surface area contributed by atoms with Crippen LogP contribution in [0.5, 0.6) is 0 Å². The van der Waals surface area contributed by atoms with E-state index in [0.29, 0.717) is 12.8 Å². The van der Waals surface area contributed by atoms with E-state index in [2.05, 4.69) is 6.58 Å². The van der Waals surface area contributed by atoms with E-state index in [4.69, 9.17) is 4.55 Å². The lowest BCUT2D eigenvalue weighted by Gasteiger charge is -2.24. The lowest BCUT2D eigenvalue weighted by molar-refractivity contribution is 0.423. The van der Waals surface area contributed by atoms with Crippen molar-refractivity contribution in [2.75, 3.05) is 0 Å². The average molecular weight is 192 g/mol. The van der Waals surface area contributed by atoms with Crippen LogP contribution in [0.4, 0.5) is 0 Å². The molecule has 0 saturated carbocycles. The van der Waals surface area contributed by atoms with Gasteiger partial charge in [0.05, 0.1) is 4.75 Å². The highest BCUT2D eigenvalue weighted by molar-refractivity contribution is 7.87. The summed E-state index contributed by atoms with van der Waals surface area (Å²) < 4.78 is 29.7. The summed E-state index contributed by atoms with van der Waals surface area (Å²) in [6, 6.07) is 0. The molecule has 0 rings (SSSR count). The fourth-order valence-electron chi connectivity index (χ4n) is 1.04. The molecule has 0 aromatic carbocycles. The summed E-state index contributed by atoms with van der Waals surface area (Å²) in [5.41, 5.74) is 0.761. The molecule has 3 nitrogen and oxygen atoms in total. The topological polar surface area (TPSA) is 54.4 Å². The van der Waals surface area contributed by atoms with Crippen molar-refractivity contribution in [1.82, 2.24) is 0 Å². The third-order valence-corrected chi connectivity index (χ3v) is 3.72. The van der Waals surface area contributed by atoms with Crippen molar-refractivity contribution in [2.24, 2.45) is 0 Å². The molecule has 0 bridgehead atoms. The quantitative estimate of drug-likeness (QED) is 0.547. The fraction of sp³-hybridized carbons (Fsp3) is 0.750. The molecule has 1 unspecified atom stereocenters. The summed E-state index contributed by atoms with van der Waals surface area (Å²) in [4.78, 5) is 0. The van der Waals surface area contributed by atoms with Crippen LogP contribution in [-0.2, 0) is 10.1 Å². The molecular formula is C8H16O3S. The maximum absolute atomic E-state index is 10.9. The minimum Gasteiger partial charge on any atom is -0.285 e. The van der Waals surface area contributed by atoms with Gasteiger partial charge in [0, 0.05) is 0 Å². The summed E-state index contributed by atoms with van der Waals surface area (Å²) in [5, 5.41) is 0. The molecule has 0 aliphatic heterocycles. The van der Waals surface area contributed by atoms with Gasteiger partial charge in [0.2, 0.25) is 0 Å². The lowest BCUT2D eigenvalue weighted by atomic mass is 10.00. The third kappa shape index (κ3) is 2.60. The molecule has 1 atom stereocenters. The average Bonchev–Trinajstić information content (AvgIpc) is 1.83. The van der Waals surface area contributed by atoms with Gasteiger partial charge in [-0.05, 0) is 26.7 Å². The summed E-state index contributed by atoms with van der Waals surface area (Å²) >= 11 is 0. The van der Waals surface area contributed by atoms with Crippen molar-refractivity contribution in [3.8, 4) is 0 Å². The highest BCUT2D eigenvalue weighted by Crippen LogP contribution is 2.27.